The van der Waals surface area contributed by atoms with Crippen molar-refractivity contribution in [3.8, 4) is 11.8 Å². The van der Waals surface area contributed by atoms with E-state index in [9.17, 15) is 14.9 Å². The summed E-state index contributed by atoms with van der Waals surface area (Å²) in [6.45, 7) is 3.13. The number of para-hydroxylation sites is 1. The van der Waals surface area contributed by atoms with E-state index in [1.165, 1.54) is 0 Å². The molecule has 3 N–H and O–H groups in total. The zero-order chi connectivity index (χ0) is 24.0. The molecule has 1 heterocycles. The van der Waals surface area contributed by atoms with Crippen LogP contribution in [0.3, 0.4) is 0 Å². The van der Waals surface area contributed by atoms with Crippen LogP contribution < -0.4 is 15.8 Å². The molecule has 3 rings (SSSR count). The van der Waals surface area contributed by atoms with Crippen LogP contribution >= 0.6 is 15.9 Å². The predicted octanol–water partition coefficient (Wildman–Crippen LogP) is 4.11. The maximum Gasteiger partial charge on any atom is 0.338 e. The van der Waals surface area contributed by atoms with Crippen LogP contribution in [0.1, 0.15) is 25.3 Å². The smallest absolute Gasteiger partial charge is 0.338 e. The molecule has 0 aliphatic carbocycles. The first kappa shape index (κ1) is 23.9. The number of anilines is 1. The monoisotopic (exact) mass is 511 g/mol. The van der Waals surface area contributed by atoms with E-state index in [2.05, 4.69) is 21.2 Å². The second-order valence-electron chi connectivity index (χ2n) is 7.00. The average molecular weight is 512 g/mol. The van der Waals surface area contributed by atoms with E-state index in [-0.39, 0.29) is 41.9 Å². The lowest BCUT2D eigenvalue weighted by Crippen LogP contribution is -2.26. The maximum atomic E-state index is 12.7. The Bertz CT molecular complexity index is 1170. The number of hydrogen-bond donors (Lipinski definition) is 2. The molecule has 33 heavy (non-hydrogen) atoms. The first-order valence-corrected chi connectivity index (χ1v) is 10.9. The number of nitrogens with two attached hydrogens (primary N) is 1. The van der Waals surface area contributed by atoms with E-state index < -0.39 is 11.9 Å². The minimum atomic E-state index is -0.867. The summed E-state index contributed by atoms with van der Waals surface area (Å²) < 4.78 is 17.3. The van der Waals surface area contributed by atoms with Gasteiger partial charge < -0.3 is 25.3 Å². The van der Waals surface area contributed by atoms with Crippen molar-refractivity contribution < 1.29 is 23.8 Å². The van der Waals surface area contributed by atoms with Gasteiger partial charge in [0.2, 0.25) is 5.88 Å². The molecule has 1 amide bonds. The molecule has 9 heteroatoms. The summed E-state index contributed by atoms with van der Waals surface area (Å²) in [6, 6.07) is 16.0. The molecule has 2 aromatic carbocycles. The molecule has 1 aliphatic heterocycles. The lowest BCUT2D eigenvalue weighted by Gasteiger charge is -2.28. The fourth-order valence-electron chi connectivity index (χ4n) is 3.39. The molecule has 0 fully saturated rings. The molecule has 0 saturated heterocycles. The Labute approximate surface area is 199 Å². The number of nitrogens with one attached hydrogen (secondary N) is 1. The highest BCUT2D eigenvalue weighted by Gasteiger charge is 2.37. The van der Waals surface area contributed by atoms with E-state index in [0.717, 1.165) is 4.47 Å². The highest BCUT2D eigenvalue weighted by molar-refractivity contribution is 9.10. The highest BCUT2D eigenvalue weighted by Crippen LogP contribution is 2.42. The molecule has 1 atom stereocenters. The number of benzene rings is 2. The van der Waals surface area contributed by atoms with Crippen LogP contribution in [0.5, 0.6) is 5.75 Å². The van der Waals surface area contributed by atoms with Gasteiger partial charge in [0.05, 0.1) is 18.1 Å². The lowest BCUT2D eigenvalue weighted by atomic mass is 9.82. The number of nitrogens with zero attached hydrogens (tertiary/aromatic N) is 1. The van der Waals surface area contributed by atoms with Crippen LogP contribution in [0.4, 0.5) is 5.69 Å². The van der Waals surface area contributed by atoms with Gasteiger partial charge in [-0.3, -0.25) is 4.79 Å². The summed E-state index contributed by atoms with van der Waals surface area (Å²) in [5, 5.41) is 12.5. The fraction of sp³-hybridized carbons (Fsp3) is 0.208. The topological polar surface area (TPSA) is 124 Å². The van der Waals surface area contributed by atoms with Gasteiger partial charge in [0.25, 0.3) is 5.91 Å². The molecule has 0 radical (unpaired) electrons. The highest BCUT2D eigenvalue weighted by atomic mass is 79.9. The third-order valence-electron chi connectivity index (χ3n) is 4.82. The number of rotatable bonds is 7. The summed E-state index contributed by atoms with van der Waals surface area (Å²) >= 11 is 3.34. The number of hydrogen-bond acceptors (Lipinski definition) is 7. The standard InChI is InChI=1S/C24H22BrN3O5/c1-3-31-24(30)21-14(2)33-23(27)18(12-26)22(21)17-6-4-5-7-19(17)32-13-20(29)28-16-10-8-15(25)9-11-16/h4-11,22H,3,13,27H2,1-2H3,(H,28,29). The lowest BCUT2D eigenvalue weighted by molar-refractivity contribution is -0.139. The number of allylic oxidation sites excluding steroid dienone is 2. The zero-order valence-corrected chi connectivity index (χ0v) is 19.6. The number of nitriles is 1. The zero-order valence-electron chi connectivity index (χ0n) is 18.1. The molecule has 0 aromatic heterocycles. The number of esters is 1. The SMILES string of the molecule is CCOC(=O)C1=C(C)OC(N)=C(C#N)C1c1ccccc1OCC(=O)Nc1ccc(Br)cc1. The van der Waals surface area contributed by atoms with Gasteiger partial charge in [0.1, 0.15) is 23.2 Å². The normalized spacial score (nSPS) is 15.4. The van der Waals surface area contributed by atoms with Crippen molar-refractivity contribution in [1.82, 2.24) is 0 Å². The first-order valence-electron chi connectivity index (χ1n) is 10.1. The fourth-order valence-corrected chi connectivity index (χ4v) is 3.65. The van der Waals surface area contributed by atoms with E-state index in [4.69, 9.17) is 19.9 Å². The summed E-state index contributed by atoms with van der Waals surface area (Å²) in [4.78, 5) is 25.1. The molecule has 8 nitrogen and oxygen atoms in total. The van der Waals surface area contributed by atoms with Crippen LogP contribution in [0, 0.1) is 11.3 Å². The minimum absolute atomic E-state index is 0.0546. The van der Waals surface area contributed by atoms with Crippen molar-refractivity contribution >= 4 is 33.5 Å². The van der Waals surface area contributed by atoms with Crippen LogP contribution in [-0.2, 0) is 19.1 Å². The third kappa shape index (κ3) is 5.54. The van der Waals surface area contributed by atoms with Gasteiger partial charge in [0.15, 0.2) is 6.61 Å². The summed E-state index contributed by atoms with van der Waals surface area (Å²) in [5.74, 6) is -1.40. The maximum absolute atomic E-state index is 12.7. The van der Waals surface area contributed by atoms with Crippen molar-refractivity contribution in [2.75, 3.05) is 18.5 Å². The van der Waals surface area contributed by atoms with E-state index in [0.29, 0.717) is 17.0 Å². The Morgan fingerprint density at radius 2 is 1.91 bits per heavy atom. The number of amides is 1. The van der Waals surface area contributed by atoms with Crippen molar-refractivity contribution in [2.24, 2.45) is 5.73 Å². The summed E-state index contributed by atoms with van der Waals surface area (Å²) in [5.41, 5.74) is 7.26. The number of halogens is 1. The average Bonchev–Trinajstić information content (AvgIpc) is 2.79. The number of ether oxygens (including phenoxy) is 3. The van der Waals surface area contributed by atoms with E-state index in [1.54, 1.807) is 50.2 Å². The molecule has 0 spiro atoms. The molecule has 170 valence electrons. The van der Waals surface area contributed by atoms with Gasteiger partial charge in [-0.05, 0) is 44.2 Å². The Kier molecular flexibility index (Phi) is 7.74. The largest absolute Gasteiger partial charge is 0.483 e. The van der Waals surface area contributed by atoms with Crippen molar-refractivity contribution in [3.05, 3.63) is 81.4 Å². The number of carbonyl (C=O) groups is 2. The van der Waals surface area contributed by atoms with Gasteiger partial charge in [-0.1, -0.05) is 34.1 Å². The Balaban J connectivity index is 1.89. The van der Waals surface area contributed by atoms with Gasteiger partial charge >= 0.3 is 5.97 Å². The molecule has 0 bridgehead atoms. The number of carbonyl (C=O) groups excluding carboxylic acids is 2. The molecular weight excluding hydrogens is 490 g/mol. The van der Waals surface area contributed by atoms with Crippen molar-refractivity contribution in [2.45, 2.75) is 19.8 Å². The Morgan fingerprint density at radius 1 is 1.21 bits per heavy atom. The molecule has 1 unspecified atom stereocenters. The molecule has 2 aromatic rings. The predicted molar refractivity (Wildman–Crippen MR) is 125 cm³/mol. The van der Waals surface area contributed by atoms with Crippen molar-refractivity contribution in [3.63, 3.8) is 0 Å². The second-order valence-corrected chi connectivity index (χ2v) is 7.91. The van der Waals surface area contributed by atoms with Crippen LogP contribution in [0.15, 0.2) is 75.8 Å². The third-order valence-corrected chi connectivity index (χ3v) is 5.35. The van der Waals surface area contributed by atoms with E-state index >= 15 is 0 Å². The van der Waals surface area contributed by atoms with Gasteiger partial charge in [-0.2, -0.15) is 5.26 Å². The van der Waals surface area contributed by atoms with Crippen LogP contribution in [-0.4, -0.2) is 25.1 Å². The Hall–Kier alpha value is -3.77. The van der Waals surface area contributed by atoms with Crippen LogP contribution in [0.25, 0.3) is 0 Å². The van der Waals surface area contributed by atoms with E-state index in [1.807, 2.05) is 18.2 Å². The second kappa shape index (κ2) is 10.7. The molecule has 1 aliphatic rings. The van der Waals surface area contributed by atoms with Crippen molar-refractivity contribution in [1.29, 1.82) is 5.26 Å². The van der Waals surface area contributed by atoms with Gasteiger partial charge in [-0.25, -0.2) is 4.79 Å². The van der Waals surface area contributed by atoms with Gasteiger partial charge in [0, 0.05) is 15.7 Å². The summed E-state index contributed by atoms with van der Waals surface area (Å²) in [7, 11) is 0. The quantitative estimate of drug-likeness (QED) is 0.535. The first-order chi connectivity index (χ1) is 15.8. The molecular formula is C24H22BrN3O5. The molecule has 0 saturated carbocycles. The van der Waals surface area contributed by atoms with Gasteiger partial charge in [-0.15, -0.1) is 0 Å². The Morgan fingerprint density at radius 3 is 2.58 bits per heavy atom. The van der Waals surface area contributed by atoms with Crippen LogP contribution in [0.2, 0.25) is 0 Å². The summed E-state index contributed by atoms with van der Waals surface area (Å²) in [6.07, 6.45) is 0. The minimum Gasteiger partial charge on any atom is -0.483 e.